The minimum Gasteiger partial charge on any atom is -0.497 e. The Balaban J connectivity index is 1.24. The molecule has 2 aromatic carbocycles. The summed E-state index contributed by atoms with van der Waals surface area (Å²) < 4.78 is 44.0. The Kier molecular flexibility index (Phi) is 9.39. The highest BCUT2D eigenvalue weighted by molar-refractivity contribution is 7.90. The molecule has 1 aliphatic heterocycles. The van der Waals surface area contributed by atoms with Gasteiger partial charge in [-0.05, 0) is 79.5 Å². The van der Waals surface area contributed by atoms with E-state index >= 15 is 8.42 Å². The fraction of sp³-hybridized carbons (Fsp3) is 0.650. The number of esters is 1. The average Bonchev–Trinajstić information content (AvgIpc) is 3.50. The summed E-state index contributed by atoms with van der Waals surface area (Å²) in [5, 5.41) is 0. The highest BCUT2D eigenvalue weighted by Gasteiger charge is 2.74. The number of carbonyl (C=O) groups is 2. The molecule has 4 aliphatic carbocycles. The number of amides is 1. The molecular formula is C40H54N2O6S. The molecule has 2 aromatic rings. The number of nitrogens with zero attached hydrogens (tertiary/aromatic N) is 2. The van der Waals surface area contributed by atoms with Gasteiger partial charge in [0.2, 0.25) is 15.9 Å². The van der Waals surface area contributed by atoms with Crippen molar-refractivity contribution in [1.29, 1.82) is 0 Å². The van der Waals surface area contributed by atoms with Crippen LogP contribution in [0.4, 0.5) is 0 Å². The maximum atomic E-state index is 15.6. The van der Waals surface area contributed by atoms with Gasteiger partial charge in [0, 0.05) is 25.0 Å². The van der Waals surface area contributed by atoms with Gasteiger partial charge in [0.15, 0.2) is 5.54 Å². The van der Waals surface area contributed by atoms with Crippen LogP contribution in [0.3, 0.4) is 0 Å². The van der Waals surface area contributed by atoms with E-state index in [1.807, 2.05) is 58.9 Å². The van der Waals surface area contributed by atoms with Crippen LogP contribution in [0.2, 0.25) is 0 Å². The quantitative estimate of drug-likeness (QED) is 0.183. The molecule has 1 amide bonds. The summed E-state index contributed by atoms with van der Waals surface area (Å²) in [7, 11) is -2.27. The van der Waals surface area contributed by atoms with Crippen LogP contribution in [-0.4, -0.2) is 65.1 Å². The van der Waals surface area contributed by atoms with Gasteiger partial charge in [-0.1, -0.05) is 94.8 Å². The minimum atomic E-state index is -3.88. The van der Waals surface area contributed by atoms with E-state index in [0.717, 1.165) is 87.5 Å². The number of likely N-dealkylation sites (tertiary alicyclic amines) is 1. The highest BCUT2D eigenvalue weighted by atomic mass is 32.2. The Morgan fingerprint density at radius 2 is 1.47 bits per heavy atom. The first kappa shape index (κ1) is 34.5. The molecule has 0 radical (unpaired) electrons. The fourth-order valence-corrected chi connectivity index (χ4v) is 13.8. The van der Waals surface area contributed by atoms with Crippen molar-refractivity contribution in [1.82, 2.24) is 9.21 Å². The second kappa shape index (κ2) is 13.3. The largest absolute Gasteiger partial charge is 0.497 e. The lowest BCUT2D eigenvalue weighted by molar-refractivity contribution is -0.186. The molecule has 0 unspecified atom stereocenters. The smallest absolute Gasteiger partial charge is 0.333 e. The molecule has 0 aromatic heterocycles. The average molecular weight is 691 g/mol. The second-order valence-electron chi connectivity index (χ2n) is 16.1. The number of sulfonamides is 1. The zero-order valence-electron chi connectivity index (χ0n) is 29.6. The van der Waals surface area contributed by atoms with Crippen LogP contribution in [0.25, 0.3) is 0 Å². The summed E-state index contributed by atoms with van der Waals surface area (Å²) in [6.45, 7) is 4.47. The van der Waals surface area contributed by atoms with Crippen LogP contribution in [0.1, 0.15) is 115 Å². The third-order valence-electron chi connectivity index (χ3n) is 13.3. The summed E-state index contributed by atoms with van der Waals surface area (Å²) in [5.74, 6) is 0.270. The number of rotatable bonds is 11. The van der Waals surface area contributed by atoms with Crippen molar-refractivity contribution in [2.24, 2.45) is 11.3 Å². The molecule has 4 atom stereocenters. The van der Waals surface area contributed by atoms with Crippen molar-refractivity contribution in [3.8, 4) is 5.75 Å². The SMILES string of the molecule is COc1ccc(CN2C(=O)C[C@]2(Cc2ccccc2)C(=O)O[C@H]2C[C@@H]3CC[C@@]2(S(=O)(=O)N(C2CCCCC2)C2CCCCC2)C3(C)C)cc1. The maximum Gasteiger partial charge on any atom is 0.333 e. The van der Waals surface area contributed by atoms with Crippen molar-refractivity contribution in [3.63, 3.8) is 0 Å². The first-order chi connectivity index (χ1) is 23.5. The van der Waals surface area contributed by atoms with Gasteiger partial charge < -0.3 is 14.4 Å². The van der Waals surface area contributed by atoms with Gasteiger partial charge in [-0.25, -0.2) is 13.2 Å². The Morgan fingerprint density at radius 3 is 2.02 bits per heavy atom. The van der Waals surface area contributed by atoms with E-state index in [1.165, 1.54) is 0 Å². The Labute approximate surface area is 293 Å². The molecule has 4 saturated carbocycles. The molecular weight excluding hydrogens is 637 g/mol. The summed E-state index contributed by atoms with van der Waals surface area (Å²) >= 11 is 0. The standard InChI is InChI=1S/C40H54N2O6S/c1-38(2)31-23-24-40(38,49(45,46)42(32-15-9-5-10-16-32)33-17-11-6-12-18-33)35(25-31)48-37(44)39(26-29-13-7-4-8-14-29)27-36(43)41(39)28-30-19-21-34(47-3)22-20-30/h4,7-8,13-14,19-22,31-33,35H,5-6,9-12,15-18,23-28H2,1-3H3/t31-,35-,39+,40-/m0/s1. The molecule has 0 N–H and O–H groups in total. The summed E-state index contributed by atoms with van der Waals surface area (Å²) in [6, 6.07) is 17.3. The molecule has 49 heavy (non-hydrogen) atoms. The maximum absolute atomic E-state index is 15.6. The molecule has 9 heteroatoms. The number of methoxy groups -OCH3 is 1. The minimum absolute atomic E-state index is 0.0108. The second-order valence-corrected chi connectivity index (χ2v) is 18.2. The number of benzene rings is 2. The number of hydrogen-bond donors (Lipinski definition) is 0. The Bertz CT molecular complexity index is 1600. The van der Waals surface area contributed by atoms with Crippen LogP contribution in [-0.2, 0) is 37.3 Å². The topological polar surface area (TPSA) is 93.2 Å². The van der Waals surface area contributed by atoms with Crippen LogP contribution < -0.4 is 4.74 Å². The molecule has 2 bridgehead atoms. The third kappa shape index (κ3) is 5.71. The van der Waals surface area contributed by atoms with Gasteiger partial charge >= 0.3 is 5.97 Å². The molecule has 266 valence electrons. The fourth-order valence-electron chi connectivity index (χ4n) is 10.5. The van der Waals surface area contributed by atoms with Gasteiger partial charge in [0.05, 0.1) is 13.5 Å². The number of hydrogen-bond acceptors (Lipinski definition) is 6. The molecule has 5 aliphatic rings. The van der Waals surface area contributed by atoms with Crippen LogP contribution in [0.15, 0.2) is 54.6 Å². The molecule has 7 rings (SSSR count). The van der Waals surface area contributed by atoms with Gasteiger partial charge in [-0.15, -0.1) is 0 Å². The van der Waals surface area contributed by atoms with E-state index in [4.69, 9.17) is 9.47 Å². The highest BCUT2D eigenvalue weighted by Crippen LogP contribution is 2.66. The van der Waals surface area contributed by atoms with E-state index in [2.05, 4.69) is 13.8 Å². The molecule has 8 nitrogen and oxygen atoms in total. The summed E-state index contributed by atoms with van der Waals surface area (Å²) in [6.07, 6.45) is 11.6. The number of fused-ring (bicyclic) bond motifs is 2. The predicted molar refractivity (Wildman–Crippen MR) is 189 cm³/mol. The lowest BCUT2D eigenvalue weighted by Gasteiger charge is -2.52. The van der Waals surface area contributed by atoms with Crippen molar-refractivity contribution in [2.75, 3.05) is 7.11 Å². The zero-order chi connectivity index (χ0) is 34.4. The van der Waals surface area contributed by atoms with Gasteiger partial charge in [-0.2, -0.15) is 4.31 Å². The van der Waals surface area contributed by atoms with Gasteiger partial charge in [-0.3, -0.25) is 4.79 Å². The number of ether oxygens (including phenoxy) is 2. The van der Waals surface area contributed by atoms with Crippen LogP contribution in [0, 0.1) is 11.3 Å². The Hall–Kier alpha value is -2.91. The van der Waals surface area contributed by atoms with Crippen LogP contribution >= 0.6 is 0 Å². The predicted octanol–water partition coefficient (Wildman–Crippen LogP) is 7.20. The van der Waals surface area contributed by atoms with Crippen molar-refractivity contribution in [3.05, 3.63) is 65.7 Å². The zero-order valence-corrected chi connectivity index (χ0v) is 30.4. The molecule has 0 spiro atoms. The van der Waals surface area contributed by atoms with E-state index in [0.29, 0.717) is 19.3 Å². The van der Waals surface area contributed by atoms with E-state index in [9.17, 15) is 9.59 Å². The normalized spacial score (nSPS) is 30.4. The molecule has 5 fully saturated rings. The first-order valence-corrected chi connectivity index (χ1v) is 20.2. The van der Waals surface area contributed by atoms with Crippen molar-refractivity contribution >= 4 is 21.9 Å². The summed E-state index contributed by atoms with van der Waals surface area (Å²) in [4.78, 5) is 29.9. The van der Waals surface area contributed by atoms with Gasteiger partial charge in [0.25, 0.3) is 0 Å². The van der Waals surface area contributed by atoms with E-state index in [-0.39, 0.29) is 36.9 Å². The third-order valence-corrected chi connectivity index (χ3v) is 16.4. The lowest BCUT2D eigenvalue weighted by atomic mass is 9.77. The number of β-lactam (4-membered cyclic amide) rings is 1. The summed E-state index contributed by atoms with van der Waals surface area (Å²) in [5.41, 5.74) is 0.0445. The molecule has 1 heterocycles. The van der Waals surface area contributed by atoms with E-state index < -0.39 is 37.8 Å². The van der Waals surface area contributed by atoms with Crippen molar-refractivity contribution < 1.29 is 27.5 Å². The Morgan fingerprint density at radius 1 is 0.857 bits per heavy atom. The lowest BCUT2D eigenvalue weighted by Crippen LogP contribution is -2.70. The van der Waals surface area contributed by atoms with E-state index in [1.54, 1.807) is 12.0 Å². The number of carbonyl (C=O) groups excluding carboxylic acids is 2. The molecule has 1 saturated heterocycles. The van der Waals surface area contributed by atoms with Crippen molar-refractivity contribution in [2.45, 2.75) is 145 Å². The van der Waals surface area contributed by atoms with Gasteiger partial charge in [0.1, 0.15) is 16.6 Å². The van der Waals surface area contributed by atoms with Crippen LogP contribution in [0.5, 0.6) is 5.75 Å². The monoisotopic (exact) mass is 690 g/mol. The first-order valence-electron chi connectivity index (χ1n) is 18.7.